The minimum Gasteiger partial charge on any atom is -0.493 e. The number of hydrogen-bond acceptors (Lipinski definition) is 4. The number of carbonyl (C=O) groups is 1. The van der Waals surface area contributed by atoms with Crippen molar-refractivity contribution in [2.24, 2.45) is 0 Å². The van der Waals surface area contributed by atoms with Crippen molar-refractivity contribution in [3.8, 4) is 5.75 Å². The van der Waals surface area contributed by atoms with Crippen molar-refractivity contribution in [3.05, 3.63) is 95.6 Å². The van der Waals surface area contributed by atoms with E-state index in [4.69, 9.17) is 9.84 Å². The molecule has 0 saturated heterocycles. The van der Waals surface area contributed by atoms with Gasteiger partial charge in [-0.3, -0.25) is 9.52 Å². The number of halogens is 3. The Kier molecular flexibility index (Phi) is 9.35. The second kappa shape index (κ2) is 12.4. The summed E-state index contributed by atoms with van der Waals surface area (Å²) in [6, 6.07) is 18.0. The number of ether oxygens (including phenoxy) is 1. The summed E-state index contributed by atoms with van der Waals surface area (Å²) >= 11 is 0. The fourth-order valence-corrected chi connectivity index (χ4v) is 4.69. The Bertz CT molecular complexity index is 1340. The molecule has 3 rings (SSSR count). The maximum Gasteiger partial charge on any atom is 0.419 e. The Morgan fingerprint density at radius 1 is 0.973 bits per heavy atom. The van der Waals surface area contributed by atoms with Crippen LogP contribution in [0.5, 0.6) is 5.75 Å². The van der Waals surface area contributed by atoms with Crippen LogP contribution < -0.4 is 9.46 Å². The molecular formula is C27H26F3NO5S. The third-order valence-electron chi connectivity index (χ3n) is 5.33. The number of benzene rings is 3. The number of alkyl halides is 3. The van der Waals surface area contributed by atoms with Crippen LogP contribution in [0.15, 0.2) is 83.8 Å². The number of allylic oxidation sites excluding steroid dienone is 1. The van der Waals surface area contributed by atoms with Crippen molar-refractivity contribution < 1.29 is 36.2 Å². The van der Waals surface area contributed by atoms with Crippen molar-refractivity contribution in [2.45, 2.75) is 36.8 Å². The van der Waals surface area contributed by atoms with E-state index in [1.54, 1.807) is 36.4 Å². The zero-order valence-corrected chi connectivity index (χ0v) is 20.6. The fourth-order valence-electron chi connectivity index (χ4n) is 3.60. The molecule has 10 heteroatoms. The molecular weight excluding hydrogens is 507 g/mol. The maximum absolute atomic E-state index is 13.9. The van der Waals surface area contributed by atoms with Gasteiger partial charge in [-0.2, -0.15) is 13.2 Å². The monoisotopic (exact) mass is 533 g/mol. The molecule has 0 aliphatic carbocycles. The van der Waals surface area contributed by atoms with Crippen molar-refractivity contribution in [1.82, 2.24) is 0 Å². The number of anilines is 1. The summed E-state index contributed by atoms with van der Waals surface area (Å²) in [5.74, 6) is -0.333. The van der Waals surface area contributed by atoms with E-state index in [1.807, 2.05) is 0 Å². The lowest BCUT2D eigenvalue weighted by molar-refractivity contribution is -0.137. The second-order valence-electron chi connectivity index (χ2n) is 8.08. The van der Waals surface area contributed by atoms with Gasteiger partial charge in [0.15, 0.2) is 0 Å². The summed E-state index contributed by atoms with van der Waals surface area (Å²) in [5, 5.41) is 8.87. The van der Waals surface area contributed by atoms with Gasteiger partial charge in [-0.1, -0.05) is 60.7 Å². The number of para-hydroxylation sites is 1. The molecule has 37 heavy (non-hydrogen) atoms. The van der Waals surface area contributed by atoms with Gasteiger partial charge in [0.1, 0.15) is 5.75 Å². The van der Waals surface area contributed by atoms with Gasteiger partial charge in [0.2, 0.25) is 0 Å². The summed E-state index contributed by atoms with van der Waals surface area (Å²) in [7, 11) is -4.21. The van der Waals surface area contributed by atoms with Gasteiger partial charge < -0.3 is 9.84 Å². The SMILES string of the molecule is O=C(O)CCc1ccccc1OCCC/C=C/c1cccc(NS(=O)(=O)c2ccccc2)c1C(F)(F)F. The molecule has 0 amide bonds. The molecule has 0 spiro atoms. The maximum atomic E-state index is 13.9. The molecule has 6 nitrogen and oxygen atoms in total. The normalized spacial score (nSPS) is 12.0. The zero-order valence-electron chi connectivity index (χ0n) is 19.7. The van der Waals surface area contributed by atoms with Gasteiger partial charge >= 0.3 is 12.1 Å². The van der Waals surface area contributed by atoms with Crippen LogP contribution >= 0.6 is 0 Å². The Labute approximate surface area is 213 Å². The van der Waals surface area contributed by atoms with Crippen LogP contribution in [-0.2, 0) is 27.4 Å². The number of sulfonamides is 1. The molecule has 0 bridgehead atoms. The second-order valence-corrected chi connectivity index (χ2v) is 9.76. The highest BCUT2D eigenvalue weighted by atomic mass is 32.2. The Morgan fingerprint density at radius 3 is 2.38 bits per heavy atom. The average Bonchev–Trinajstić information content (AvgIpc) is 2.85. The van der Waals surface area contributed by atoms with Crippen LogP contribution in [-0.4, -0.2) is 26.1 Å². The van der Waals surface area contributed by atoms with Gasteiger partial charge in [-0.25, -0.2) is 8.42 Å². The minimum atomic E-state index is -4.79. The average molecular weight is 534 g/mol. The first-order chi connectivity index (χ1) is 17.6. The lowest BCUT2D eigenvalue weighted by Crippen LogP contribution is -2.18. The summed E-state index contributed by atoms with van der Waals surface area (Å²) in [4.78, 5) is 10.7. The summed E-state index contributed by atoms with van der Waals surface area (Å²) in [5.41, 5.74) is -1.03. The highest BCUT2D eigenvalue weighted by molar-refractivity contribution is 7.92. The number of hydrogen-bond donors (Lipinski definition) is 2. The quantitative estimate of drug-likeness (QED) is 0.263. The molecule has 0 heterocycles. The highest BCUT2D eigenvalue weighted by Gasteiger charge is 2.36. The molecule has 0 fully saturated rings. The molecule has 0 unspecified atom stereocenters. The van der Waals surface area contributed by atoms with Crippen molar-refractivity contribution >= 4 is 27.8 Å². The molecule has 3 aromatic rings. The van der Waals surface area contributed by atoms with Crippen molar-refractivity contribution in [3.63, 3.8) is 0 Å². The lowest BCUT2D eigenvalue weighted by atomic mass is 10.0. The standard InChI is InChI=1S/C27H26F3NO5S/c28-27(29,30)26-21(12-9-15-23(26)31-37(34,35)22-13-4-1-5-14-22)11-3-2-8-19-36-24-16-7-6-10-20(24)17-18-25(32)33/h1,3-7,9-16,31H,2,8,17-19H2,(H,32,33)/b11-3+. The number of rotatable bonds is 12. The van der Waals surface area contributed by atoms with Crippen molar-refractivity contribution in [1.29, 1.82) is 0 Å². The Morgan fingerprint density at radius 2 is 1.68 bits per heavy atom. The summed E-state index contributed by atoms with van der Waals surface area (Å²) < 4.78 is 74.8. The van der Waals surface area contributed by atoms with E-state index in [1.165, 1.54) is 42.5 Å². The first-order valence-corrected chi connectivity index (χ1v) is 12.9. The van der Waals surface area contributed by atoms with Crippen LogP contribution in [0.2, 0.25) is 0 Å². The largest absolute Gasteiger partial charge is 0.493 e. The molecule has 0 aliphatic rings. The number of carboxylic acid groups (broad SMARTS) is 1. The molecule has 3 aromatic carbocycles. The number of aliphatic carboxylic acids is 1. The fraction of sp³-hybridized carbons (Fsp3) is 0.222. The van der Waals surface area contributed by atoms with E-state index in [9.17, 15) is 26.4 Å². The number of nitrogens with one attached hydrogen (secondary N) is 1. The number of carboxylic acids is 1. The molecule has 0 saturated carbocycles. The topological polar surface area (TPSA) is 92.7 Å². The zero-order chi connectivity index (χ0) is 26.9. The third-order valence-corrected chi connectivity index (χ3v) is 6.71. The van der Waals surface area contributed by atoms with Gasteiger partial charge in [-0.05, 0) is 54.7 Å². The lowest BCUT2D eigenvalue weighted by Gasteiger charge is -2.17. The summed E-state index contributed by atoms with van der Waals surface area (Å²) in [6.07, 6.45) is -0.691. The molecule has 0 atom stereocenters. The van der Waals surface area contributed by atoms with Crippen LogP contribution in [0.1, 0.15) is 36.0 Å². The van der Waals surface area contributed by atoms with E-state index in [0.29, 0.717) is 25.0 Å². The van der Waals surface area contributed by atoms with E-state index < -0.39 is 33.4 Å². The molecule has 0 radical (unpaired) electrons. The van der Waals surface area contributed by atoms with Crippen LogP contribution in [0.25, 0.3) is 6.08 Å². The highest BCUT2D eigenvalue weighted by Crippen LogP contribution is 2.39. The first kappa shape index (κ1) is 27.8. The predicted molar refractivity (Wildman–Crippen MR) is 135 cm³/mol. The summed E-state index contributed by atoms with van der Waals surface area (Å²) in [6.45, 7) is 0.289. The van der Waals surface area contributed by atoms with Gasteiger partial charge in [-0.15, -0.1) is 0 Å². The van der Waals surface area contributed by atoms with Crippen LogP contribution in [0.4, 0.5) is 18.9 Å². The van der Waals surface area contributed by atoms with Gasteiger partial charge in [0.25, 0.3) is 10.0 Å². The van der Waals surface area contributed by atoms with Crippen LogP contribution in [0, 0.1) is 0 Å². The van der Waals surface area contributed by atoms with E-state index >= 15 is 0 Å². The molecule has 0 aromatic heterocycles. The molecule has 0 aliphatic heterocycles. The Hall–Kier alpha value is -3.79. The first-order valence-electron chi connectivity index (χ1n) is 11.4. The van der Waals surface area contributed by atoms with Crippen LogP contribution in [0.3, 0.4) is 0 Å². The van der Waals surface area contributed by atoms with E-state index in [-0.39, 0.29) is 23.5 Å². The molecule has 2 N–H and O–H groups in total. The van der Waals surface area contributed by atoms with E-state index in [0.717, 1.165) is 11.6 Å². The number of aryl methyl sites for hydroxylation is 1. The Balaban J connectivity index is 1.67. The predicted octanol–water partition coefficient (Wildman–Crippen LogP) is 6.40. The third kappa shape index (κ3) is 8.11. The van der Waals surface area contributed by atoms with Crippen molar-refractivity contribution in [2.75, 3.05) is 11.3 Å². The van der Waals surface area contributed by atoms with Gasteiger partial charge in [0, 0.05) is 6.42 Å². The van der Waals surface area contributed by atoms with Gasteiger partial charge in [0.05, 0.1) is 22.8 Å². The molecule has 196 valence electrons. The minimum absolute atomic E-state index is 0.0226. The smallest absolute Gasteiger partial charge is 0.419 e. The number of unbranched alkanes of at least 4 members (excludes halogenated alkanes) is 1. The van der Waals surface area contributed by atoms with E-state index in [2.05, 4.69) is 4.72 Å².